The molecule has 0 saturated carbocycles. The summed E-state index contributed by atoms with van der Waals surface area (Å²) in [5, 5.41) is 3.46. The number of rotatable bonds is 4. The molecule has 1 N–H and O–H groups in total. The van der Waals surface area contributed by atoms with Crippen molar-refractivity contribution in [3.8, 4) is 0 Å². The quantitative estimate of drug-likeness (QED) is 0.848. The van der Waals surface area contributed by atoms with Crippen LogP contribution in [0.5, 0.6) is 0 Å². The molecule has 1 aromatic rings. The summed E-state index contributed by atoms with van der Waals surface area (Å²) in [4.78, 5) is 0. The van der Waals surface area contributed by atoms with Gasteiger partial charge in [-0.25, -0.2) is 0 Å². The highest BCUT2D eigenvalue weighted by Crippen LogP contribution is 2.27. The van der Waals surface area contributed by atoms with E-state index in [1.807, 2.05) is 0 Å². The highest BCUT2D eigenvalue weighted by Gasteiger charge is 2.18. The zero-order valence-electron chi connectivity index (χ0n) is 12.1. The SMILES string of the molecule is CC(C)(C)c1ccccc1CCCC1CCNC1. The maximum Gasteiger partial charge on any atom is -0.00200 e. The highest BCUT2D eigenvalue weighted by molar-refractivity contribution is 5.32. The molecule has 0 aliphatic carbocycles. The third-order valence-corrected chi connectivity index (χ3v) is 4.05. The Labute approximate surface area is 112 Å². The highest BCUT2D eigenvalue weighted by atomic mass is 14.9. The third kappa shape index (κ3) is 3.58. The van der Waals surface area contributed by atoms with Crippen LogP contribution in [0.4, 0.5) is 0 Å². The standard InChI is InChI=1S/C17H27N/c1-17(2,3)16-10-5-4-8-15(16)9-6-7-14-11-12-18-13-14/h4-5,8,10,14,18H,6-7,9,11-13H2,1-3H3. The largest absolute Gasteiger partial charge is 0.316 e. The minimum absolute atomic E-state index is 0.269. The van der Waals surface area contributed by atoms with E-state index in [0.29, 0.717) is 0 Å². The van der Waals surface area contributed by atoms with Crippen LogP contribution in [-0.4, -0.2) is 13.1 Å². The van der Waals surface area contributed by atoms with E-state index >= 15 is 0 Å². The van der Waals surface area contributed by atoms with Gasteiger partial charge in [-0.05, 0) is 61.2 Å². The van der Waals surface area contributed by atoms with Crippen molar-refractivity contribution in [3.63, 3.8) is 0 Å². The van der Waals surface area contributed by atoms with Crippen LogP contribution >= 0.6 is 0 Å². The molecule has 0 amide bonds. The van der Waals surface area contributed by atoms with Crippen molar-refractivity contribution in [1.29, 1.82) is 0 Å². The van der Waals surface area contributed by atoms with E-state index in [2.05, 4.69) is 50.4 Å². The molecule has 1 saturated heterocycles. The van der Waals surface area contributed by atoms with Gasteiger partial charge in [0.15, 0.2) is 0 Å². The summed E-state index contributed by atoms with van der Waals surface area (Å²) in [6.45, 7) is 9.40. The Hall–Kier alpha value is -0.820. The average Bonchev–Trinajstić information content (AvgIpc) is 2.81. The van der Waals surface area contributed by atoms with Crippen molar-refractivity contribution in [2.75, 3.05) is 13.1 Å². The van der Waals surface area contributed by atoms with Gasteiger partial charge in [0, 0.05) is 0 Å². The number of hydrogen-bond acceptors (Lipinski definition) is 1. The molecule has 18 heavy (non-hydrogen) atoms. The van der Waals surface area contributed by atoms with Crippen molar-refractivity contribution in [2.45, 2.75) is 51.9 Å². The van der Waals surface area contributed by atoms with Gasteiger partial charge >= 0.3 is 0 Å². The van der Waals surface area contributed by atoms with Gasteiger partial charge in [0.1, 0.15) is 0 Å². The third-order valence-electron chi connectivity index (χ3n) is 4.05. The molecule has 1 aromatic carbocycles. The van der Waals surface area contributed by atoms with Crippen LogP contribution in [0.3, 0.4) is 0 Å². The molecule has 1 aliphatic heterocycles. The van der Waals surface area contributed by atoms with Crippen LogP contribution < -0.4 is 5.32 Å². The predicted octanol–water partition coefficient (Wildman–Crippen LogP) is 3.92. The van der Waals surface area contributed by atoms with Crippen molar-refractivity contribution >= 4 is 0 Å². The zero-order chi connectivity index (χ0) is 13.0. The van der Waals surface area contributed by atoms with Gasteiger partial charge < -0.3 is 5.32 Å². The second kappa shape index (κ2) is 5.88. The van der Waals surface area contributed by atoms with Crippen molar-refractivity contribution in [3.05, 3.63) is 35.4 Å². The van der Waals surface area contributed by atoms with E-state index in [1.54, 1.807) is 5.56 Å². The van der Waals surface area contributed by atoms with E-state index in [1.165, 1.54) is 44.3 Å². The first-order valence-corrected chi connectivity index (χ1v) is 7.36. The lowest BCUT2D eigenvalue weighted by Gasteiger charge is -2.23. The molecule has 2 rings (SSSR count). The minimum Gasteiger partial charge on any atom is -0.316 e. The molecule has 1 atom stereocenters. The van der Waals surface area contributed by atoms with E-state index < -0.39 is 0 Å². The van der Waals surface area contributed by atoms with Crippen molar-refractivity contribution in [2.24, 2.45) is 5.92 Å². The molecule has 100 valence electrons. The van der Waals surface area contributed by atoms with Crippen LogP contribution in [0.2, 0.25) is 0 Å². The first-order valence-electron chi connectivity index (χ1n) is 7.36. The summed E-state index contributed by atoms with van der Waals surface area (Å²) in [6.07, 6.45) is 5.33. The van der Waals surface area contributed by atoms with Crippen LogP contribution in [0.25, 0.3) is 0 Å². The maximum atomic E-state index is 3.46. The fraction of sp³-hybridized carbons (Fsp3) is 0.647. The monoisotopic (exact) mass is 245 g/mol. The zero-order valence-corrected chi connectivity index (χ0v) is 12.1. The Morgan fingerprint density at radius 2 is 2.00 bits per heavy atom. The van der Waals surface area contributed by atoms with Gasteiger partial charge in [0.25, 0.3) is 0 Å². The van der Waals surface area contributed by atoms with Crippen LogP contribution in [0.1, 0.15) is 51.2 Å². The second-order valence-electron chi connectivity index (χ2n) is 6.66. The smallest absolute Gasteiger partial charge is 0.00200 e. The second-order valence-corrected chi connectivity index (χ2v) is 6.66. The molecule has 1 fully saturated rings. The molecule has 1 nitrogen and oxygen atoms in total. The van der Waals surface area contributed by atoms with Crippen molar-refractivity contribution < 1.29 is 0 Å². The topological polar surface area (TPSA) is 12.0 Å². The molecule has 1 heteroatoms. The van der Waals surface area contributed by atoms with Crippen LogP contribution in [0.15, 0.2) is 24.3 Å². The molecule has 1 heterocycles. The molecule has 0 aromatic heterocycles. The number of aryl methyl sites for hydroxylation is 1. The predicted molar refractivity (Wildman–Crippen MR) is 79.1 cm³/mol. The molecule has 1 unspecified atom stereocenters. The normalized spacial score (nSPS) is 20.3. The van der Waals surface area contributed by atoms with Gasteiger partial charge in [-0.1, -0.05) is 45.0 Å². The summed E-state index contributed by atoms with van der Waals surface area (Å²) in [5.74, 6) is 0.923. The van der Waals surface area contributed by atoms with E-state index in [0.717, 1.165) is 5.92 Å². The average molecular weight is 245 g/mol. The summed E-state index contributed by atoms with van der Waals surface area (Å²) in [6, 6.07) is 8.96. The summed E-state index contributed by atoms with van der Waals surface area (Å²) in [7, 11) is 0. The fourth-order valence-corrected chi connectivity index (χ4v) is 3.01. The molecule has 0 bridgehead atoms. The van der Waals surface area contributed by atoms with Crippen LogP contribution in [-0.2, 0) is 11.8 Å². The molecular formula is C17H27N. The fourth-order valence-electron chi connectivity index (χ4n) is 3.01. The van der Waals surface area contributed by atoms with E-state index in [4.69, 9.17) is 0 Å². The van der Waals surface area contributed by atoms with Gasteiger partial charge in [-0.15, -0.1) is 0 Å². The van der Waals surface area contributed by atoms with Gasteiger partial charge in [-0.3, -0.25) is 0 Å². The van der Waals surface area contributed by atoms with Crippen LogP contribution in [0, 0.1) is 5.92 Å². The Kier molecular flexibility index (Phi) is 4.45. The van der Waals surface area contributed by atoms with Gasteiger partial charge in [-0.2, -0.15) is 0 Å². The van der Waals surface area contributed by atoms with E-state index in [9.17, 15) is 0 Å². The Balaban J connectivity index is 1.92. The lowest BCUT2D eigenvalue weighted by molar-refractivity contribution is 0.506. The summed E-state index contributed by atoms with van der Waals surface area (Å²) < 4.78 is 0. The molecule has 0 radical (unpaired) electrons. The van der Waals surface area contributed by atoms with Gasteiger partial charge in [0.2, 0.25) is 0 Å². The lowest BCUT2D eigenvalue weighted by Crippen LogP contribution is -2.14. The summed E-state index contributed by atoms with van der Waals surface area (Å²) in [5.41, 5.74) is 3.34. The first-order chi connectivity index (χ1) is 8.57. The minimum atomic E-state index is 0.269. The number of hydrogen-bond donors (Lipinski definition) is 1. The van der Waals surface area contributed by atoms with Gasteiger partial charge in [0.05, 0.1) is 0 Å². The Morgan fingerprint density at radius 3 is 2.67 bits per heavy atom. The maximum absolute atomic E-state index is 3.46. The lowest BCUT2D eigenvalue weighted by atomic mass is 9.82. The number of benzene rings is 1. The first kappa shape index (κ1) is 13.6. The number of nitrogens with one attached hydrogen (secondary N) is 1. The molecule has 1 aliphatic rings. The van der Waals surface area contributed by atoms with Crippen molar-refractivity contribution in [1.82, 2.24) is 5.32 Å². The Bertz CT molecular complexity index is 369. The molecular weight excluding hydrogens is 218 g/mol. The summed E-state index contributed by atoms with van der Waals surface area (Å²) >= 11 is 0. The Morgan fingerprint density at radius 1 is 1.22 bits per heavy atom. The van der Waals surface area contributed by atoms with E-state index in [-0.39, 0.29) is 5.41 Å². The molecule has 0 spiro atoms.